The summed E-state index contributed by atoms with van der Waals surface area (Å²) in [7, 11) is 0. The summed E-state index contributed by atoms with van der Waals surface area (Å²) >= 11 is 3.08. The van der Waals surface area contributed by atoms with Gasteiger partial charge in [-0.3, -0.25) is 9.69 Å². The molecule has 0 radical (unpaired) electrons. The fourth-order valence-electron chi connectivity index (χ4n) is 4.84. The number of rotatable bonds is 9. The number of H-pyrrole nitrogens is 1. The monoisotopic (exact) mass is 610 g/mol. The fourth-order valence-corrected chi connectivity index (χ4v) is 5.24. The Morgan fingerprint density at radius 1 is 1.07 bits per heavy atom. The number of nitrogens with one attached hydrogen (secondary N) is 2. The molecule has 1 aliphatic heterocycles. The van der Waals surface area contributed by atoms with Crippen LogP contribution in [0.4, 0.5) is 13.6 Å². The molecule has 3 atom stereocenters. The molecular formula is C29H25BrF2N4O4. The number of carbonyl (C=O) groups is 2. The Balaban J connectivity index is 1.52. The van der Waals surface area contributed by atoms with Gasteiger partial charge in [-0.2, -0.15) is 0 Å². The van der Waals surface area contributed by atoms with Crippen molar-refractivity contribution in [3.8, 4) is 17.0 Å². The van der Waals surface area contributed by atoms with E-state index in [9.17, 15) is 18.4 Å². The Labute approximate surface area is 237 Å². The minimum atomic E-state index is -0.958. The maximum absolute atomic E-state index is 14.7. The minimum Gasteiger partial charge on any atom is -0.491 e. The van der Waals surface area contributed by atoms with Crippen LogP contribution < -0.4 is 10.1 Å². The molecule has 4 aromatic rings. The zero-order valence-corrected chi connectivity index (χ0v) is 22.9. The van der Waals surface area contributed by atoms with Crippen molar-refractivity contribution < 1.29 is 28.2 Å². The van der Waals surface area contributed by atoms with E-state index in [1.165, 1.54) is 6.20 Å². The lowest BCUT2D eigenvalue weighted by Gasteiger charge is -2.29. The van der Waals surface area contributed by atoms with Crippen LogP contribution in [0.15, 0.2) is 77.4 Å². The number of hydrogen-bond donors (Lipinski definition) is 3. The van der Waals surface area contributed by atoms with Crippen molar-refractivity contribution in [3.05, 3.63) is 106 Å². The van der Waals surface area contributed by atoms with Crippen LogP contribution in [-0.2, 0) is 4.79 Å². The molecule has 0 unspecified atom stereocenters. The number of imide groups is 1. The normalized spacial score (nSPS) is 16.6. The molecule has 2 heterocycles. The summed E-state index contributed by atoms with van der Waals surface area (Å²) in [4.78, 5) is 35.5. The van der Waals surface area contributed by atoms with Crippen molar-refractivity contribution in [3.63, 3.8) is 0 Å². The zero-order chi connectivity index (χ0) is 28.4. The lowest BCUT2D eigenvalue weighted by Crippen LogP contribution is -2.38. The minimum absolute atomic E-state index is 0.0739. The molecule has 1 saturated heterocycles. The van der Waals surface area contributed by atoms with Gasteiger partial charge in [0.1, 0.15) is 41.9 Å². The fraction of sp³-hybridized carbons (Fsp3) is 0.207. The van der Waals surface area contributed by atoms with Crippen molar-refractivity contribution in [2.24, 2.45) is 0 Å². The van der Waals surface area contributed by atoms with Gasteiger partial charge in [0.25, 0.3) is 5.91 Å². The number of aliphatic hydroxyl groups is 1. The van der Waals surface area contributed by atoms with Crippen molar-refractivity contribution in [1.29, 1.82) is 0 Å². The largest absolute Gasteiger partial charge is 0.491 e. The molecule has 3 amide bonds. The topological polar surface area (TPSA) is 108 Å². The van der Waals surface area contributed by atoms with Gasteiger partial charge in [0, 0.05) is 10.4 Å². The van der Waals surface area contributed by atoms with E-state index in [0.717, 1.165) is 22.6 Å². The lowest BCUT2D eigenvalue weighted by molar-refractivity contribution is -0.129. The molecule has 0 spiro atoms. The van der Waals surface area contributed by atoms with Crippen molar-refractivity contribution >= 4 is 27.9 Å². The van der Waals surface area contributed by atoms with Crippen LogP contribution in [0, 0.1) is 11.6 Å². The van der Waals surface area contributed by atoms with E-state index in [-0.39, 0.29) is 34.8 Å². The molecule has 8 nitrogen and oxygen atoms in total. The summed E-state index contributed by atoms with van der Waals surface area (Å²) < 4.78 is 35.1. The molecular weight excluding hydrogens is 586 g/mol. The number of hydrogen-bond acceptors (Lipinski definition) is 5. The number of benzene rings is 3. The smallest absolute Gasteiger partial charge is 0.325 e. The van der Waals surface area contributed by atoms with E-state index in [2.05, 4.69) is 31.2 Å². The van der Waals surface area contributed by atoms with Crippen LogP contribution in [-0.4, -0.2) is 45.1 Å². The first-order chi connectivity index (χ1) is 19.3. The number of amides is 3. The highest BCUT2D eigenvalue weighted by molar-refractivity contribution is 9.10. The highest BCUT2D eigenvalue weighted by Gasteiger charge is 2.46. The molecule has 0 bridgehead atoms. The summed E-state index contributed by atoms with van der Waals surface area (Å²) in [5.41, 5.74) is 1.15. The number of nitrogens with zero attached hydrogens (tertiary/aromatic N) is 2. The molecule has 1 aliphatic rings. The maximum Gasteiger partial charge on any atom is 0.325 e. The second-order valence-electron chi connectivity index (χ2n) is 9.30. The number of aromatic amines is 1. The number of ether oxygens (including phenoxy) is 1. The first-order valence-electron chi connectivity index (χ1n) is 12.5. The van der Waals surface area contributed by atoms with Gasteiger partial charge in [0.05, 0.1) is 24.1 Å². The number of imidazole rings is 1. The van der Waals surface area contributed by atoms with E-state index < -0.39 is 41.6 Å². The average Bonchev–Trinajstić information content (AvgIpc) is 3.53. The highest BCUT2D eigenvalue weighted by Crippen LogP contribution is 2.39. The summed E-state index contributed by atoms with van der Waals surface area (Å²) in [6.07, 6.45) is 1.29. The molecule has 3 aromatic carbocycles. The number of halogens is 3. The average molecular weight is 611 g/mol. The van der Waals surface area contributed by atoms with E-state index >= 15 is 0 Å². The third-order valence-electron chi connectivity index (χ3n) is 6.77. The van der Waals surface area contributed by atoms with Crippen molar-refractivity contribution in [2.75, 3.05) is 13.2 Å². The molecule has 11 heteroatoms. The van der Waals surface area contributed by atoms with Crippen LogP contribution in [0.25, 0.3) is 11.3 Å². The van der Waals surface area contributed by atoms with Crippen molar-refractivity contribution in [1.82, 2.24) is 20.2 Å². The van der Waals surface area contributed by atoms with Gasteiger partial charge in [-0.1, -0.05) is 65.3 Å². The van der Waals surface area contributed by atoms with Crippen LogP contribution in [0.1, 0.15) is 41.9 Å². The number of urea groups is 1. The van der Waals surface area contributed by atoms with Crippen molar-refractivity contribution in [2.45, 2.75) is 24.9 Å². The Morgan fingerprint density at radius 3 is 2.40 bits per heavy atom. The number of carbonyl (C=O) groups excluding carboxylic acids is 2. The van der Waals surface area contributed by atoms with E-state index in [1.807, 2.05) is 37.3 Å². The van der Waals surface area contributed by atoms with Crippen LogP contribution in [0.5, 0.6) is 5.75 Å². The predicted molar refractivity (Wildman–Crippen MR) is 146 cm³/mol. The van der Waals surface area contributed by atoms with E-state index in [0.29, 0.717) is 11.3 Å². The van der Waals surface area contributed by atoms with E-state index in [1.54, 1.807) is 24.3 Å². The van der Waals surface area contributed by atoms with Crippen LogP contribution >= 0.6 is 15.9 Å². The zero-order valence-electron chi connectivity index (χ0n) is 21.3. The van der Waals surface area contributed by atoms with Gasteiger partial charge in [-0.05, 0) is 35.4 Å². The molecule has 1 fully saturated rings. The predicted octanol–water partition coefficient (Wildman–Crippen LogP) is 5.63. The Morgan fingerprint density at radius 2 is 1.75 bits per heavy atom. The summed E-state index contributed by atoms with van der Waals surface area (Å²) in [5, 5.41) is 11.7. The third-order valence-corrected chi connectivity index (χ3v) is 7.23. The first kappa shape index (κ1) is 27.5. The molecule has 1 aromatic heterocycles. The summed E-state index contributed by atoms with van der Waals surface area (Å²) in [5.74, 6) is -1.81. The quantitative estimate of drug-likeness (QED) is 0.213. The second-order valence-corrected chi connectivity index (χ2v) is 10.2. The molecule has 0 aliphatic carbocycles. The Hall–Kier alpha value is -4.09. The summed E-state index contributed by atoms with van der Waals surface area (Å²) in [6.45, 7) is 1.85. The number of aromatic nitrogens is 2. The lowest BCUT2D eigenvalue weighted by atomic mass is 9.91. The maximum atomic E-state index is 14.7. The van der Waals surface area contributed by atoms with Gasteiger partial charge in [0.15, 0.2) is 0 Å². The van der Waals surface area contributed by atoms with Gasteiger partial charge in [-0.15, -0.1) is 0 Å². The Bertz CT molecular complexity index is 1510. The molecule has 0 saturated carbocycles. The molecule has 3 N–H and O–H groups in total. The van der Waals surface area contributed by atoms with E-state index in [4.69, 9.17) is 9.84 Å². The van der Waals surface area contributed by atoms with Gasteiger partial charge >= 0.3 is 6.03 Å². The second kappa shape index (κ2) is 11.6. The standard InChI is InChI=1S/C29H25BrF2N4O4/c1-16(17-5-3-2-4-6-17)26(27-33-15-23(34-27)24-21(31)13-19(30)14-22(24)32)36-28(38)25(35-29(36)39)18-7-9-20(10-8-18)40-12-11-37/h2-10,13-16,25-26,37H,11-12H2,1H3,(H,33,34)(H,35,39)/t16-,25-,26+/m1/s1. The summed E-state index contributed by atoms with van der Waals surface area (Å²) in [6, 6.07) is 15.7. The van der Waals surface area contributed by atoms with Gasteiger partial charge in [-0.25, -0.2) is 18.6 Å². The SMILES string of the molecule is C[C@H](c1ccccc1)[C@@H](c1ncc(-c2c(F)cc(Br)cc2F)[nH]1)N1C(=O)N[C@H](c2ccc(OCCO)cc2)C1=O. The first-order valence-corrected chi connectivity index (χ1v) is 13.3. The van der Waals surface area contributed by atoms with Crippen LogP contribution in [0.3, 0.4) is 0 Å². The molecule has 206 valence electrons. The van der Waals surface area contributed by atoms with Gasteiger partial charge < -0.3 is 20.1 Å². The Kier molecular flexibility index (Phi) is 7.95. The highest BCUT2D eigenvalue weighted by atomic mass is 79.9. The molecule has 40 heavy (non-hydrogen) atoms. The van der Waals surface area contributed by atoms with Crippen LogP contribution in [0.2, 0.25) is 0 Å². The number of aliphatic hydroxyl groups excluding tert-OH is 1. The molecule has 5 rings (SSSR count). The third kappa shape index (κ3) is 5.34. The van der Waals surface area contributed by atoms with Gasteiger partial charge in [0.2, 0.25) is 0 Å².